The lowest BCUT2D eigenvalue weighted by Crippen LogP contribution is -2.52. The molecule has 1 saturated heterocycles. The van der Waals surface area contributed by atoms with Crippen molar-refractivity contribution in [2.45, 2.75) is 31.9 Å². The molecule has 2 unspecified atom stereocenters. The topological polar surface area (TPSA) is 70.0 Å². The van der Waals surface area contributed by atoms with Crippen LogP contribution in [0.2, 0.25) is 0 Å². The lowest BCUT2D eigenvalue weighted by molar-refractivity contribution is -0.146. The van der Waals surface area contributed by atoms with Crippen LogP contribution in [0.3, 0.4) is 0 Å². The quantitative estimate of drug-likeness (QED) is 0.860. The molecule has 20 heavy (non-hydrogen) atoms. The van der Waals surface area contributed by atoms with E-state index >= 15 is 0 Å². The van der Waals surface area contributed by atoms with Gasteiger partial charge in [0.05, 0.1) is 25.4 Å². The lowest BCUT2D eigenvalue weighted by Gasteiger charge is -2.37. The molecule has 1 aliphatic rings. The Kier molecular flexibility index (Phi) is 4.98. The maximum Gasteiger partial charge on any atom is 0.223 e. The summed E-state index contributed by atoms with van der Waals surface area (Å²) < 4.78 is 5.42. The molecule has 2 atom stereocenters. The van der Waals surface area contributed by atoms with Crippen molar-refractivity contribution in [2.24, 2.45) is 0 Å². The van der Waals surface area contributed by atoms with Crippen molar-refractivity contribution in [3.8, 4) is 5.75 Å². The molecule has 1 aliphatic heterocycles. The molecule has 0 aliphatic carbocycles. The number of aliphatic hydroxyl groups is 1. The molecular formula is C15H21NO4. The number of amides is 1. The molecule has 1 amide bonds. The van der Waals surface area contributed by atoms with E-state index in [4.69, 9.17) is 9.84 Å². The number of para-hydroxylation sites is 1. The third kappa shape index (κ3) is 3.49. The maximum absolute atomic E-state index is 12.3. The van der Waals surface area contributed by atoms with E-state index in [1.54, 1.807) is 17.0 Å². The number of phenolic OH excluding ortho intramolecular Hbond substituents is 1. The summed E-state index contributed by atoms with van der Waals surface area (Å²) in [6.07, 6.45) is 0.569. The maximum atomic E-state index is 12.3. The predicted octanol–water partition coefficient (Wildman–Crippen LogP) is 0.933. The Morgan fingerprint density at radius 1 is 1.45 bits per heavy atom. The number of carbonyl (C=O) groups excluding carboxylic acids is 1. The first-order valence-corrected chi connectivity index (χ1v) is 6.90. The molecule has 1 aromatic carbocycles. The molecule has 0 bridgehead atoms. The van der Waals surface area contributed by atoms with Crippen LogP contribution in [-0.4, -0.2) is 52.9 Å². The van der Waals surface area contributed by atoms with E-state index in [0.29, 0.717) is 26.0 Å². The van der Waals surface area contributed by atoms with Crippen LogP contribution in [0.15, 0.2) is 24.3 Å². The Bertz CT molecular complexity index is 463. The van der Waals surface area contributed by atoms with E-state index in [-0.39, 0.29) is 30.4 Å². The molecule has 0 radical (unpaired) electrons. The lowest BCUT2D eigenvalue weighted by atomic mass is 10.1. The fraction of sp³-hybridized carbons (Fsp3) is 0.533. The van der Waals surface area contributed by atoms with E-state index in [1.807, 2.05) is 19.1 Å². The van der Waals surface area contributed by atoms with Crippen LogP contribution in [0.1, 0.15) is 18.9 Å². The zero-order valence-electron chi connectivity index (χ0n) is 11.7. The highest BCUT2D eigenvalue weighted by Gasteiger charge is 2.28. The monoisotopic (exact) mass is 279 g/mol. The van der Waals surface area contributed by atoms with Gasteiger partial charge in [0.2, 0.25) is 5.91 Å². The van der Waals surface area contributed by atoms with Gasteiger partial charge in [-0.15, -0.1) is 0 Å². The second-order valence-electron chi connectivity index (χ2n) is 5.16. The van der Waals surface area contributed by atoms with Gasteiger partial charge in [-0.05, 0) is 25.0 Å². The van der Waals surface area contributed by atoms with Crippen molar-refractivity contribution in [3.05, 3.63) is 29.8 Å². The number of nitrogens with zero attached hydrogens (tertiary/aromatic N) is 1. The normalized spacial score (nSPS) is 22.8. The Morgan fingerprint density at radius 2 is 2.20 bits per heavy atom. The van der Waals surface area contributed by atoms with Crippen LogP contribution in [0.4, 0.5) is 0 Å². The third-order valence-electron chi connectivity index (χ3n) is 3.63. The SMILES string of the molecule is CC1COC(CO)CN1C(=O)CCc1ccccc1O. The molecule has 110 valence electrons. The second kappa shape index (κ2) is 6.72. The van der Waals surface area contributed by atoms with Crippen LogP contribution < -0.4 is 0 Å². The Balaban J connectivity index is 1.92. The predicted molar refractivity (Wildman–Crippen MR) is 74.4 cm³/mol. The first-order chi connectivity index (χ1) is 9.61. The summed E-state index contributed by atoms with van der Waals surface area (Å²) in [6.45, 7) is 2.74. The molecular weight excluding hydrogens is 258 g/mol. The van der Waals surface area contributed by atoms with Crippen LogP contribution >= 0.6 is 0 Å². The van der Waals surface area contributed by atoms with Crippen molar-refractivity contribution in [1.82, 2.24) is 4.90 Å². The number of aliphatic hydroxyl groups excluding tert-OH is 1. The zero-order valence-corrected chi connectivity index (χ0v) is 11.7. The Hall–Kier alpha value is -1.59. The van der Waals surface area contributed by atoms with Crippen LogP contribution in [0, 0.1) is 0 Å². The molecule has 2 N–H and O–H groups in total. The van der Waals surface area contributed by atoms with Crippen molar-refractivity contribution in [3.63, 3.8) is 0 Å². The average molecular weight is 279 g/mol. The van der Waals surface area contributed by atoms with Gasteiger partial charge in [-0.25, -0.2) is 0 Å². The van der Waals surface area contributed by atoms with Gasteiger partial charge in [0, 0.05) is 13.0 Å². The second-order valence-corrected chi connectivity index (χ2v) is 5.16. The third-order valence-corrected chi connectivity index (χ3v) is 3.63. The summed E-state index contributed by atoms with van der Waals surface area (Å²) in [5.41, 5.74) is 0.778. The number of ether oxygens (including phenoxy) is 1. The van der Waals surface area contributed by atoms with E-state index in [9.17, 15) is 9.90 Å². The van der Waals surface area contributed by atoms with E-state index in [0.717, 1.165) is 5.56 Å². The number of benzene rings is 1. The van der Waals surface area contributed by atoms with Gasteiger partial charge in [0.25, 0.3) is 0 Å². The molecule has 1 aromatic rings. The summed E-state index contributed by atoms with van der Waals surface area (Å²) >= 11 is 0. The van der Waals surface area contributed by atoms with Crippen LogP contribution in [0.5, 0.6) is 5.75 Å². The number of aromatic hydroxyl groups is 1. The average Bonchev–Trinajstić information content (AvgIpc) is 2.46. The smallest absolute Gasteiger partial charge is 0.223 e. The van der Waals surface area contributed by atoms with Crippen LogP contribution in [0.25, 0.3) is 0 Å². The summed E-state index contributed by atoms with van der Waals surface area (Å²) in [5, 5.41) is 18.8. The summed E-state index contributed by atoms with van der Waals surface area (Å²) in [6, 6.07) is 7.07. The van der Waals surface area contributed by atoms with Crippen molar-refractivity contribution >= 4 is 5.91 Å². The molecule has 0 aromatic heterocycles. The van der Waals surface area contributed by atoms with Gasteiger partial charge in [0.15, 0.2) is 0 Å². The van der Waals surface area contributed by atoms with E-state index < -0.39 is 0 Å². The van der Waals surface area contributed by atoms with E-state index in [2.05, 4.69) is 0 Å². The van der Waals surface area contributed by atoms with Gasteiger partial charge in [-0.2, -0.15) is 0 Å². The largest absolute Gasteiger partial charge is 0.508 e. The van der Waals surface area contributed by atoms with Gasteiger partial charge in [0.1, 0.15) is 5.75 Å². The molecule has 0 saturated carbocycles. The summed E-state index contributed by atoms with van der Waals surface area (Å²) in [4.78, 5) is 14.0. The molecule has 2 rings (SSSR count). The summed E-state index contributed by atoms with van der Waals surface area (Å²) in [7, 11) is 0. The molecule has 1 heterocycles. The standard InChI is InChI=1S/C15H21NO4/c1-11-10-20-13(9-17)8-16(11)15(19)7-6-12-4-2-3-5-14(12)18/h2-5,11,13,17-18H,6-10H2,1H3. The number of hydrogen-bond donors (Lipinski definition) is 2. The minimum atomic E-state index is -0.291. The first kappa shape index (κ1) is 14.8. The number of morpholine rings is 1. The highest BCUT2D eigenvalue weighted by Crippen LogP contribution is 2.19. The fourth-order valence-corrected chi connectivity index (χ4v) is 2.38. The Labute approximate surface area is 118 Å². The van der Waals surface area contributed by atoms with Crippen LogP contribution in [-0.2, 0) is 16.0 Å². The summed E-state index contributed by atoms with van der Waals surface area (Å²) in [5.74, 6) is 0.256. The highest BCUT2D eigenvalue weighted by atomic mass is 16.5. The molecule has 5 nitrogen and oxygen atoms in total. The van der Waals surface area contributed by atoms with E-state index in [1.165, 1.54) is 0 Å². The van der Waals surface area contributed by atoms with Crippen molar-refractivity contribution in [1.29, 1.82) is 0 Å². The molecule has 1 fully saturated rings. The first-order valence-electron chi connectivity index (χ1n) is 6.90. The number of aryl methyl sites for hydroxylation is 1. The Morgan fingerprint density at radius 3 is 2.90 bits per heavy atom. The zero-order chi connectivity index (χ0) is 14.5. The van der Waals surface area contributed by atoms with Crippen molar-refractivity contribution in [2.75, 3.05) is 19.8 Å². The van der Waals surface area contributed by atoms with Gasteiger partial charge >= 0.3 is 0 Å². The molecule has 5 heteroatoms. The number of hydrogen-bond acceptors (Lipinski definition) is 4. The number of carbonyl (C=O) groups is 1. The molecule has 0 spiro atoms. The highest BCUT2D eigenvalue weighted by molar-refractivity contribution is 5.77. The number of rotatable bonds is 4. The fourth-order valence-electron chi connectivity index (χ4n) is 2.38. The van der Waals surface area contributed by atoms with Crippen molar-refractivity contribution < 1.29 is 19.7 Å². The van der Waals surface area contributed by atoms with Gasteiger partial charge in [-0.3, -0.25) is 4.79 Å². The van der Waals surface area contributed by atoms with Gasteiger partial charge < -0.3 is 19.8 Å². The minimum absolute atomic E-state index is 0.0228. The number of phenols is 1. The minimum Gasteiger partial charge on any atom is -0.508 e. The van der Waals surface area contributed by atoms with Gasteiger partial charge in [-0.1, -0.05) is 18.2 Å².